The Hall–Kier alpha value is -0.290. The quantitative estimate of drug-likeness (QED) is 0.232. The molecular formula is C16H30F3IN4O. The predicted molar refractivity (Wildman–Crippen MR) is 104 cm³/mol. The van der Waals surface area contributed by atoms with Crippen molar-refractivity contribution in [3.63, 3.8) is 0 Å². The van der Waals surface area contributed by atoms with Crippen molar-refractivity contribution in [3.8, 4) is 0 Å². The summed E-state index contributed by atoms with van der Waals surface area (Å²) in [6.45, 7) is 3.23. The first-order valence-electron chi connectivity index (χ1n) is 8.77. The van der Waals surface area contributed by atoms with E-state index in [9.17, 15) is 13.2 Å². The van der Waals surface area contributed by atoms with Gasteiger partial charge in [0.1, 0.15) is 0 Å². The van der Waals surface area contributed by atoms with E-state index in [-0.39, 0.29) is 29.9 Å². The van der Waals surface area contributed by atoms with Gasteiger partial charge in [-0.2, -0.15) is 13.2 Å². The second-order valence-electron chi connectivity index (χ2n) is 6.76. The molecule has 1 aliphatic heterocycles. The summed E-state index contributed by atoms with van der Waals surface area (Å²) in [5, 5.41) is 6.42. The second-order valence-corrected chi connectivity index (χ2v) is 6.76. The number of aliphatic imine (C=N–C) groups is 1. The Balaban J connectivity index is 0.00000312. The van der Waals surface area contributed by atoms with E-state index in [0.717, 1.165) is 38.5 Å². The van der Waals surface area contributed by atoms with Crippen LogP contribution in [0, 0.1) is 11.8 Å². The molecule has 1 unspecified atom stereocenters. The van der Waals surface area contributed by atoms with Gasteiger partial charge in [-0.3, -0.25) is 9.89 Å². The molecule has 2 rings (SSSR count). The summed E-state index contributed by atoms with van der Waals surface area (Å²) in [5.41, 5.74) is 0. The van der Waals surface area contributed by atoms with Crippen molar-refractivity contribution in [1.29, 1.82) is 0 Å². The van der Waals surface area contributed by atoms with Gasteiger partial charge in [-0.1, -0.05) is 0 Å². The Bertz CT molecular complexity index is 405. The first-order chi connectivity index (χ1) is 11.5. The van der Waals surface area contributed by atoms with Gasteiger partial charge >= 0.3 is 6.18 Å². The molecule has 2 aliphatic rings. The van der Waals surface area contributed by atoms with Crippen molar-refractivity contribution in [1.82, 2.24) is 15.5 Å². The molecule has 25 heavy (non-hydrogen) atoms. The van der Waals surface area contributed by atoms with E-state index < -0.39 is 12.7 Å². The zero-order chi connectivity index (χ0) is 17.4. The highest BCUT2D eigenvalue weighted by Gasteiger charge is 2.34. The lowest BCUT2D eigenvalue weighted by Crippen LogP contribution is -2.41. The summed E-state index contributed by atoms with van der Waals surface area (Å²) in [6.07, 6.45) is 0.194. The Kier molecular flexibility index (Phi) is 10.4. The van der Waals surface area contributed by atoms with Gasteiger partial charge in [-0.05, 0) is 44.1 Å². The molecule has 1 saturated heterocycles. The fourth-order valence-corrected chi connectivity index (χ4v) is 2.85. The van der Waals surface area contributed by atoms with E-state index in [1.54, 1.807) is 7.05 Å². The number of ether oxygens (including phenoxy) is 1. The number of nitrogens with zero attached hydrogens (tertiary/aromatic N) is 2. The highest BCUT2D eigenvalue weighted by Crippen LogP contribution is 2.28. The molecule has 1 heterocycles. The van der Waals surface area contributed by atoms with Crippen LogP contribution in [0.25, 0.3) is 0 Å². The molecule has 0 spiro atoms. The minimum atomic E-state index is -4.11. The standard InChI is InChI=1S/C16H29F3N4O.HI/c1-20-15(21-6-2-8-24-11-13-3-4-13)22-9-14-5-7-23(10-14)12-16(17,18)19;/h13-14H,2-12H2,1H3,(H2,20,21,22);1H. The molecule has 1 aliphatic carbocycles. The van der Waals surface area contributed by atoms with Gasteiger partial charge in [0.2, 0.25) is 0 Å². The van der Waals surface area contributed by atoms with E-state index in [0.29, 0.717) is 25.6 Å². The highest BCUT2D eigenvalue weighted by atomic mass is 127. The SMILES string of the molecule is CN=C(NCCCOCC1CC1)NCC1CCN(CC(F)(F)F)C1.I. The van der Waals surface area contributed by atoms with Gasteiger partial charge in [0, 0.05) is 39.9 Å². The molecule has 1 atom stereocenters. The van der Waals surface area contributed by atoms with Crippen LogP contribution < -0.4 is 10.6 Å². The van der Waals surface area contributed by atoms with E-state index in [1.165, 1.54) is 17.7 Å². The first kappa shape index (κ1) is 22.8. The van der Waals surface area contributed by atoms with Crippen LogP contribution in [-0.2, 0) is 4.74 Å². The van der Waals surface area contributed by atoms with Gasteiger partial charge < -0.3 is 15.4 Å². The molecule has 5 nitrogen and oxygen atoms in total. The van der Waals surface area contributed by atoms with E-state index in [4.69, 9.17) is 4.74 Å². The van der Waals surface area contributed by atoms with Gasteiger partial charge in [-0.15, -0.1) is 24.0 Å². The van der Waals surface area contributed by atoms with Crippen LogP contribution in [0.5, 0.6) is 0 Å². The molecule has 0 bridgehead atoms. The summed E-state index contributed by atoms with van der Waals surface area (Å²) in [4.78, 5) is 5.62. The van der Waals surface area contributed by atoms with E-state index in [1.807, 2.05) is 0 Å². The average Bonchev–Trinajstić information content (AvgIpc) is 3.24. The Morgan fingerprint density at radius 1 is 1.20 bits per heavy atom. The molecule has 2 N–H and O–H groups in total. The normalized spacial score (nSPS) is 21.9. The lowest BCUT2D eigenvalue weighted by molar-refractivity contribution is -0.143. The van der Waals surface area contributed by atoms with Crippen molar-refractivity contribution in [2.45, 2.75) is 31.9 Å². The molecule has 0 amide bonds. The average molecular weight is 478 g/mol. The number of likely N-dealkylation sites (tertiary alicyclic amines) is 1. The maximum Gasteiger partial charge on any atom is 0.401 e. The summed E-state index contributed by atoms with van der Waals surface area (Å²) < 4.78 is 42.7. The molecule has 1 saturated carbocycles. The van der Waals surface area contributed by atoms with Crippen molar-refractivity contribution in [3.05, 3.63) is 0 Å². The van der Waals surface area contributed by atoms with Crippen LogP contribution in [0.15, 0.2) is 4.99 Å². The Labute approximate surface area is 165 Å². The van der Waals surface area contributed by atoms with Crippen molar-refractivity contribution in [2.24, 2.45) is 16.8 Å². The number of rotatable bonds is 9. The van der Waals surface area contributed by atoms with E-state index in [2.05, 4.69) is 15.6 Å². The Morgan fingerprint density at radius 2 is 1.96 bits per heavy atom. The summed E-state index contributed by atoms with van der Waals surface area (Å²) in [6, 6.07) is 0. The maximum absolute atomic E-state index is 12.4. The monoisotopic (exact) mass is 478 g/mol. The lowest BCUT2D eigenvalue weighted by Gasteiger charge is -2.18. The van der Waals surface area contributed by atoms with Gasteiger partial charge in [0.15, 0.2) is 5.96 Å². The molecule has 2 fully saturated rings. The zero-order valence-corrected chi connectivity index (χ0v) is 17.1. The first-order valence-corrected chi connectivity index (χ1v) is 8.77. The topological polar surface area (TPSA) is 48.9 Å². The number of hydrogen-bond acceptors (Lipinski definition) is 3. The smallest absolute Gasteiger partial charge is 0.381 e. The number of alkyl halides is 3. The predicted octanol–water partition coefficient (Wildman–Crippen LogP) is 2.47. The largest absolute Gasteiger partial charge is 0.401 e. The highest BCUT2D eigenvalue weighted by molar-refractivity contribution is 14.0. The van der Waals surface area contributed by atoms with Crippen LogP contribution in [-0.4, -0.2) is 70.0 Å². The fraction of sp³-hybridized carbons (Fsp3) is 0.938. The fourth-order valence-electron chi connectivity index (χ4n) is 2.85. The number of nitrogens with one attached hydrogen (secondary N) is 2. The van der Waals surface area contributed by atoms with Crippen LogP contribution >= 0.6 is 24.0 Å². The van der Waals surface area contributed by atoms with Crippen LogP contribution in [0.4, 0.5) is 13.2 Å². The number of hydrogen-bond donors (Lipinski definition) is 2. The molecule has 148 valence electrons. The third kappa shape index (κ3) is 10.4. The third-order valence-electron chi connectivity index (χ3n) is 4.36. The Morgan fingerprint density at radius 3 is 2.60 bits per heavy atom. The molecule has 9 heteroatoms. The van der Waals surface area contributed by atoms with E-state index >= 15 is 0 Å². The van der Waals surface area contributed by atoms with Crippen LogP contribution in [0.1, 0.15) is 25.7 Å². The van der Waals surface area contributed by atoms with Gasteiger partial charge in [0.25, 0.3) is 0 Å². The van der Waals surface area contributed by atoms with Gasteiger partial charge in [-0.25, -0.2) is 0 Å². The van der Waals surface area contributed by atoms with Crippen molar-refractivity contribution in [2.75, 3.05) is 53.0 Å². The lowest BCUT2D eigenvalue weighted by atomic mass is 10.1. The van der Waals surface area contributed by atoms with Gasteiger partial charge in [0.05, 0.1) is 6.54 Å². The molecule has 0 radical (unpaired) electrons. The minimum absolute atomic E-state index is 0. The molecule has 0 aromatic rings. The summed E-state index contributed by atoms with van der Waals surface area (Å²) in [5.74, 6) is 1.72. The number of halogens is 4. The summed E-state index contributed by atoms with van der Waals surface area (Å²) in [7, 11) is 1.70. The molecule has 0 aromatic carbocycles. The molecular weight excluding hydrogens is 448 g/mol. The zero-order valence-electron chi connectivity index (χ0n) is 14.8. The van der Waals surface area contributed by atoms with Crippen molar-refractivity contribution < 1.29 is 17.9 Å². The maximum atomic E-state index is 12.4. The minimum Gasteiger partial charge on any atom is -0.381 e. The second kappa shape index (κ2) is 11.4. The van der Waals surface area contributed by atoms with Crippen molar-refractivity contribution >= 4 is 29.9 Å². The molecule has 0 aromatic heterocycles. The van der Waals surface area contributed by atoms with Crippen LogP contribution in [0.2, 0.25) is 0 Å². The third-order valence-corrected chi connectivity index (χ3v) is 4.36. The summed E-state index contributed by atoms with van der Waals surface area (Å²) >= 11 is 0. The number of guanidine groups is 1. The van der Waals surface area contributed by atoms with Crippen LogP contribution in [0.3, 0.4) is 0 Å².